The van der Waals surface area contributed by atoms with Crippen molar-refractivity contribution in [3.63, 3.8) is 0 Å². The first kappa shape index (κ1) is 16.1. The first-order chi connectivity index (χ1) is 11.2. The average molecular weight is 347 g/mol. The monoisotopic (exact) mass is 346 g/mol. The molecule has 1 aliphatic carbocycles. The molecule has 120 valence electrons. The molecular weight excluding hydrogens is 328 g/mol. The molecule has 23 heavy (non-hydrogen) atoms. The summed E-state index contributed by atoms with van der Waals surface area (Å²) < 4.78 is 2.21. The normalized spacial score (nSPS) is 17.0. The third kappa shape index (κ3) is 4.18. The van der Waals surface area contributed by atoms with E-state index in [0.29, 0.717) is 15.7 Å². The Hall–Kier alpha value is -1.72. The van der Waals surface area contributed by atoms with Crippen molar-refractivity contribution in [2.24, 2.45) is 5.10 Å². The SMILES string of the molecule is S=c1[nH]nc(C2CCCCC2)n1N=C/C(Cl)=C\c1ccccc1. The first-order valence-corrected chi connectivity index (χ1v) is 8.66. The van der Waals surface area contributed by atoms with Gasteiger partial charge in [0, 0.05) is 5.92 Å². The minimum Gasteiger partial charge on any atom is -0.250 e. The molecule has 2 aromatic rings. The highest BCUT2D eigenvalue weighted by atomic mass is 35.5. The number of aromatic nitrogens is 3. The third-order valence-electron chi connectivity index (χ3n) is 4.05. The zero-order valence-electron chi connectivity index (χ0n) is 12.8. The summed E-state index contributed by atoms with van der Waals surface area (Å²) in [6.45, 7) is 0. The van der Waals surface area contributed by atoms with Crippen molar-refractivity contribution in [2.45, 2.75) is 38.0 Å². The molecule has 4 nitrogen and oxygen atoms in total. The van der Waals surface area contributed by atoms with E-state index in [2.05, 4.69) is 15.3 Å². The molecule has 0 radical (unpaired) electrons. The number of benzene rings is 1. The number of hydrogen-bond acceptors (Lipinski definition) is 3. The van der Waals surface area contributed by atoms with Gasteiger partial charge in [-0.25, -0.2) is 0 Å². The van der Waals surface area contributed by atoms with E-state index in [-0.39, 0.29) is 0 Å². The summed E-state index contributed by atoms with van der Waals surface area (Å²) >= 11 is 11.5. The highest BCUT2D eigenvalue weighted by Crippen LogP contribution is 2.31. The number of rotatable bonds is 4. The van der Waals surface area contributed by atoms with E-state index in [0.717, 1.165) is 24.2 Å². The quantitative estimate of drug-likeness (QED) is 0.618. The Balaban J connectivity index is 1.81. The van der Waals surface area contributed by atoms with Gasteiger partial charge >= 0.3 is 0 Å². The van der Waals surface area contributed by atoms with E-state index in [1.165, 1.54) is 19.3 Å². The predicted molar refractivity (Wildman–Crippen MR) is 97.4 cm³/mol. The lowest BCUT2D eigenvalue weighted by molar-refractivity contribution is 0.419. The van der Waals surface area contributed by atoms with Crippen LogP contribution in [0.2, 0.25) is 0 Å². The summed E-state index contributed by atoms with van der Waals surface area (Å²) in [6, 6.07) is 9.90. The van der Waals surface area contributed by atoms with Gasteiger partial charge in [0.2, 0.25) is 4.77 Å². The summed E-state index contributed by atoms with van der Waals surface area (Å²) in [5.41, 5.74) is 1.03. The number of halogens is 1. The van der Waals surface area contributed by atoms with Gasteiger partial charge in [-0.2, -0.15) is 14.9 Å². The van der Waals surface area contributed by atoms with Gasteiger partial charge in [0.25, 0.3) is 0 Å². The Bertz CT molecular complexity index is 754. The second-order valence-corrected chi connectivity index (χ2v) is 6.54. The highest BCUT2D eigenvalue weighted by Gasteiger charge is 2.21. The van der Waals surface area contributed by atoms with Crippen LogP contribution in [-0.4, -0.2) is 21.1 Å². The van der Waals surface area contributed by atoms with E-state index in [1.54, 1.807) is 10.9 Å². The molecule has 6 heteroatoms. The standard InChI is InChI=1S/C17H19ClN4S/c18-15(11-13-7-3-1-4-8-13)12-19-22-16(20-21-17(22)23)14-9-5-2-6-10-14/h1,3-4,7-8,11-12,14H,2,5-6,9-10H2,(H,21,23)/b15-11+,19-12?. The lowest BCUT2D eigenvalue weighted by Gasteiger charge is -2.19. The molecule has 1 fully saturated rings. The van der Waals surface area contributed by atoms with Crippen molar-refractivity contribution >= 4 is 36.1 Å². The molecule has 0 amide bonds. The lowest BCUT2D eigenvalue weighted by Crippen LogP contribution is -2.10. The van der Waals surface area contributed by atoms with Crippen LogP contribution >= 0.6 is 23.8 Å². The Morgan fingerprint density at radius 3 is 2.74 bits per heavy atom. The number of allylic oxidation sites excluding steroid dienone is 1. The minimum absolute atomic E-state index is 0.422. The van der Waals surface area contributed by atoms with Gasteiger partial charge in [0.05, 0.1) is 11.2 Å². The summed E-state index contributed by atoms with van der Waals surface area (Å²) in [7, 11) is 0. The van der Waals surface area contributed by atoms with Crippen LogP contribution in [0.1, 0.15) is 49.4 Å². The fourth-order valence-electron chi connectivity index (χ4n) is 2.90. The smallest absolute Gasteiger partial charge is 0.216 e. The van der Waals surface area contributed by atoms with Gasteiger partial charge in [-0.05, 0) is 36.7 Å². The van der Waals surface area contributed by atoms with Crippen LogP contribution in [-0.2, 0) is 0 Å². The van der Waals surface area contributed by atoms with Crippen molar-refractivity contribution in [2.75, 3.05) is 0 Å². The molecule has 0 bridgehead atoms. The van der Waals surface area contributed by atoms with Crippen molar-refractivity contribution in [1.29, 1.82) is 0 Å². The van der Waals surface area contributed by atoms with Gasteiger partial charge < -0.3 is 0 Å². The molecule has 1 aliphatic rings. The van der Waals surface area contributed by atoms with E-state index in [9.17, 15) is 0 Å². The lowest BCUT2D eigenvalue weighted by atomic mass is 9.89. The van der Waals surface area contributed by atoms with Crippen LogP contribution in [0.4, 0.5) is 0 Å². The minimum atomic E-state index is 0.422. The second kappa shape index (κ2) is 7.70. The van der Waals surface area contributed by atoms with E-state index in [4.69, 9.17) is 23.8 Å². The fourth-order valence-corrected chi connectivity index (χ4v) is 3.26. The molecule has 1 saturated carbocycles. The molecule has 0 saturated heterocycles. The molecule has 1 heterocycles. The molecule has 1 N–H and O–H groups in total. The number of nitrogens with zero attached hydrogens (tertiary/aromatic N) is 3. The molecule has 0 aliphatic heterocycles. The topological polar surface area (TPSA) is 46.0 Å². The Morgan fingerprint density at radius 2 is 2.00 bits per heavy atom. The fraction of sp³-hybridized carbons (Fsp3) is 0.353. The third-order valence-corrected chi connectivity index (χ3v) is 4.52. The van der Waals surface area contributed by atoms with Gasteiger partial charge in [0.1, 0.15) is 0 Å². The predicted octanol–water partition coefficient (Wildman–Crippen LogP) is 5.10. The van der Waals surface area contributed by atoms with E-state index in [1.807, 2.05) is 36.4 Å². The zero-order valence-corrected chi connectivity index (χ0v) is 14.4. The average Bonchev–Trinajstić information content (AvgIpc) is 2.95. The molecule has 3 rings (SSSR count). The summed E-state index contributed by atoms with van der Waals surface area (Å²) in [5, 5.41) is 12.2. The van der Waals surface area contributed by atoms with Crippen LogP contribution in [0, 0.1) is 4.77 Å². The Labute approximate surface area is 145 Å². The first-order valence-electron chi connectivity index (χ1n) is 7.88. The highest BCUT2D eigenvalue weighted by molar-refractivity contribution is 7.71. The van der Waals surface area contributed by atoms with Crippen molar-refractivity contribution in [3.05, 3.63) is 51.5 Å². The molecule has 1 aromatic carbocycles. The molecule has 0 atom stereocenters. The number of aromatic amines is 1. The maximum Gasteiger partial charge on any atom is 0.216 e. The van der Waals surface area contributed by atoms with Crippen molar-refractivity contribution in [1.82, 2.24) is 14.9 Å². The van der Waals surface area contributed by atoms with Crippen molar-refractivity contribution < 1.29 is 0 Å². The summed E-state index contributed by atoms with van der Waals surface area (Å²) in [4.78, 5) is 0. The zero-order chi connectivity index (χ0) is 16.1. The maximum atomic E-state index is 6.26. The number of hydrogen-bond donors (Lipinski definition) is 1. The molecule has 0 spiro atoms. The van der Waals surface area contributed by atoms with Gasteiger partial charge in [-0.15, -0.1) is 0 Å². The van der Waals surface area contributed by atoms with E-state index < -0.39 is 0 Å². The van der Waals surface area contributed by atoms with E-state index >= 15 is 0 Å². The van der Waals surface area contributed by atoms with Crippen molar-refractivity contribution in [3.8, 4) is 0 Å². The van der Waals surface area contributed by atoms with Crippen LogP contribution in [0.5, 0.6) is 0 Å². The molecule has 1 aromatic heterocycles. The maximum absolute atomic E-state index is 6.26. The van der Waals surface area contributed by atoms with Gasteiger partial charge in [-0.3, -0.25) is 5.10 Å². The summed E-state index contributed by atoms with van der Waals surface area (Å²) in [6.07, 6.45) is 9.55. The second-order valence-electron chi connectivity index (χ2n) is 5.72. The van der Waals surface area contributed by atoms with Gasteiger partial charge in [-0.1, -0.05) is 61.2 Å². The summed E-state index contributed by atoms with van der Waals surface area (Å²) in [5.74, 6) is 1.33. The Kier molecular flexibility index (Phi) is 5.41. The van der Waals surface area contributed by atoms with Crippen LogP contribution in [0.3, 0.4) is 0 Å². The number of H-pyrrole nitrogens is 1. The van der Waals surface area contributed by atoms with Crippen LogP contribution in [0.15, 0.2) is 40.5 Å². The molecule has 0 unspecified atom stereocenters. The van der Waals surface area contributed by atoms with Gasteiger partial charge in [0.15, 0.2) is 5.82 Å². The van der Waals surface area contributed by atoms with Crippen LogP contribution in [0.25, 0.3) is 6.08 Å². The molecular formula is C17H19ClN4S. The van der Waals surface area contributed by atoms with Crippen LogP contribution < -0.4 is 0 Å². The largest absolute Gasteiger partial charge is 0.250 e. The Morgan fingerprint density at radius 1 is 1.26 bits per heavy atom. The number of nitrogens with one attached hydrogen (secondary N) is 1.